The largest absolute Gasteiger partial charge is 0.393 e. The normalized spacial score (nSPS) is 13.3. The Balaban J connectivity index is 2.90. The maximum atomic E-state index is 12.9. The van der Waals surface area contributed by atoms with E-state index >= 15 is 0 Å². The van der Waals surface area contributed by atoms with Crippen molar-refractivity contribution < 1.29 is 12.8 Å². The van der Waals surface area contributed by atoms with Crippen molar-refractivity contribution >= 4 is 27.2 Å². The number of thiocarbonyl (C=S) groups is 1. The molecule has 0 bridgehead atoms. The van der Waals surface area contributed by atoms with Gasteiger partial charge in [-0.3, -0.25) is 0 Å². The second kappa shape index (κ2) is 5.73. The number of nitrogens with one attached hydrogen (secondary N) is 1. The highest BCUT2D eigenvalue weighted by atomic mass is 32.2. The standard InChI is InChI=1S/C11H15FN2O2S2/c1-7-5-9(12)3-4-10(7)18(15,16)14-6-8(2)11(13)17/h3-5,8,14H,6H2,1-2H3,(H2,13,17). The third-order valence-electron chi connectivity index (χ3n) is 2.49. The Morgan fingerprint density at radius 3 is 2.67 bits per heavy atom. The van der Waals surface area contributed by atoms with Crippen LogP contribution in [0.2, 0.25) is 0 Å². The average molecular weight is 290 g/mol. The van der Waals surface area contributed by atoms with E-state index in [4.69, 9.17) is 18.0 Å². The fourth-order valence-electron chi connectivity index (χ4n) is 1.33. The monoisotopic (exact) mass is 290 g/mol. The lowest BCUT2D eigenvalue weighted by Crippen LogP contribution is -2.33. The molecule has 1 aromatic carbocycles. The summed E-state index contributed by atoms with van der Waals surface area (Å²) in [5.41, 5.74) is 5.75. The van der Waals surface area contributed by atoms with Crippen LogP contribution in [0, 0.1) is 18.7 Å². The molecule has 7 heteroatoms. The second-order valence-electron chi connectivity index (χ2n) is 4.07. The van der Waals surface area contributed by atoms with Gasteiger partial charge in [0.05, 0.1) is 9.88 Å². The summed E-state index contributed by atoms with van der Waals surface area (Å²) in [6.07, 6.45) is 0. The molecule has 1 atom stereocenters. The maximum absolute atomic E-state index is 12.9. The summed E-state index contributed by atoms with van der Waals surface area (Å²) in [6.45, 7) is 3.38. The topological polar surface area (TPSA) is 72.2 Å². The number of nitrogens with two attached hydrogens (primary N) is 1. The van der Waals surface area contributed by atoms with E-state index < -0.39 is 15.8 Å². The zero-order chi connectivity index (χ0) is 13.9. The summed E-state index contributed by atoms with van der Waals surface area (Å²) in [4.78, 5) is 0.299. The third-order valence-corrected chi connectivity index (χ3v) is 4.48. The molecule has 0 fully saturated rings. The Labute approximate surface area is 111 Å². The minimum atomic E-state index is -3.67. The maximum Gasteiger partial charge on any atom is 0.240 e. The molecule has 0 aliphatic carbocycles. The van der Waals surface area contributed by atoms with Crippen LogP contribution in [0.3, 0.4) is 0 Å². The van der Waals surface area contributed by atoms with Gasteiger partial charge in [-0.05, 0) is 30.7 Å². The summed E-state index contributed by atoms with van der Waals surface area (Å²) in [6, 6.07) is 3.52. The molecule has 18 heavy (non-hydrogen) atoms. The van der Waals surface area contributed by atoms with Crippen molar-refractivity contribution in [2.75, 3.05) is 6.54 Å². The number of hydrogen-bond donors (Lipinski definition) is 2. The predicted molar refractivity (Wildman–Crippen MR) is 72.3 cm³/mol. The first-order valence-corrected chi connectivity index (χ1v) is 7.18. The Morgan fingerprint density at radius 1 is 1.56 bits per heavy atom. The summed E-state index contributed by atoms with van der Waals surface area (Å²) in [7, 11) is -3.67. The molecular formula is C11H15FN2O2S2. The highest BCUT2D eigenvalue weighted by Crippen LogP contribution is 2.16. The number of rotatable bonds is 5. The van der Waals surface area contributed by atoms with E-state index in [0.29, 0.717) is 5.56 Å². The molecule has 0 saturated heterocycles. The lowest BCUT2D eigenvalue weighted by atomic mass is 10.2. The average Bonchev–Trinajstić information content (AvgIpc) is 2.25. The SMILES string of the molecule is Cc1cc(F)ccc1S(=O)(=O)NCC(C)C(N)=S. The van der Waals surface area contributed by atoms with Gasteiger partial charge < -0.3 is 5.73 Å². The molecule has 100 valence electrons. The minimum Gasteiger partial charge on any atom is -0.393 e. The highest BCUT2D eigenvalue weighted by molar-refractivity contribution is 7.89. The Kier molecular flexibility index (Phi) is 4.78. The lowest BCUT2D eigenvalue weighted by Gasteiger charge is -2.12. The van der Waals surface area contributed by atoms with Crippen LogP contribution >= 0.6 is 12.2 Å². The fourth-order valence-corrected chi connectivity index (χ4v) is 2.77. The van der Waals surface area contributed by atoms with Gasteiger partial charge in [0.2, 0.25) is 10.0 Å². The molecule has 0 amide bonds. The van der Waals surface area contributed by atoms with Crippen molar-refractivity contribution in [2.24, 2.45) is 11.7 Å². The molecule has 4 nitrogen and oxygen atoms in total. The van der Waals surface area contributed by atoms with E-state index in [1.54, 1.807) is 6.92 Å². The van der Waals surface area contributed by atoms with Crippen LogP contribution in [0.25, 0.3) is 0 Å². The smallest absolute Gasteiger partial charge is 0.240 e. The summed E-state index contributed by atoms with van der Waals surface area (Å²) < 4.78 is 39.3. The van der Waals surface area contributed by atoms with E-state index in [-0.39, 0.29) is 22.3 Å². The number of hydrogen-bond acceptors (Lipinski definition) is 3. The number of benzene rings is 1. The van der Waals surface area contributed by atoms with Crippen LogP contribution in [0.5, 0.6) is 0 Å². The van der Waals surface area contributed by atoms with Gasteiger partial charge in [0.1, 0.15) is 5.82 Å². The van der Waals surface area contributed by atoms with Gasteiger partial charge in [-0.15, -0.1) is 0 Å². The van der Waals surface area contributed by atoms with E-state index in [9.17, 15) is 12.8 Å². The van der Waals surface area contributed by atoms with Gasteiger partial charge >= 0.3 is 0 Å². The first-order valence-electron chi connectivity index (χ1n) is 5.29. The first kappa shape index (κ1) is 15.0. The van der Waals surface area contributed by atoms with Crippen LogP contribution in [0.1, 0.15) is 12.5 Å². The molecular weight excluding hydrogens is 275 g/mol. The van der Waals surface area contributed by atoms with Crippen molar-refractivity contribution in [1.29, 1.82) is 0 Å². The Bertz CT molecular complexity index is 558. The van der Waals surface area contributed by atoms with E-state index in [1.807, 2.05) is 0 Å². The van der Waals surface area contributed by atoms with Crippen molar-refractivity contribution in [3.63, 3.8) is 0 Å². The first-order chi connectivity index (χ1) is 8.24. The van der Waals surface area contributed by atoms with Crippen LogP contribution in [-0.2, 0) is 10.0 Å². The van der Waals surface area contributed by atoms with E-state index in [1.165, 1.54) is 19.1 Å². The number of sulfonamides is 1. The summed E-state index contributed by atoms with van der Waals surface area (Å²) in [5, 5.41) is 0. The second-order valence-corrected chi connectivity index (χ2v) is 6.27. The zero-order valence-corrected chi connectivity index (χ0v) is 11.7. The van der Waals surface area contributed by atoms with Crippen LogP contribution in [-0.4, -0.2) is 20.0 Å². The van der Waals surface area contributed by atoms with Crippen molar-refractivity contribution in [3.8, 4) is 0 Å². The van der Waals surface area contributed by atoms with Gasteiger partial charge in [0, 0.05) is 12.5 Å². The molecule has 1 rings (SSSR count). The quantitative estimate of drug-likeness (QED) is 0.803. The summed E-state index contributed by atoms with van der Waals surface area (Å²) >= 11 is 4.76. The van der Waals surface area contributed by atoms with Crippen LogP contribution in [0.4, 0.5) is 4.39 Å². The molecule has 0 radical (unpaired) electrons. The van der Waals surface area contributed by atoms with E-state index in [2.05, 4.69) is 4.72 Å². The molecule has 0 aliphatic heterocycles. The van der Waals surface area contributed by atoms with Gasteiger partial charge in [-0.25, -0.2) is 17.5 Å². The molecule has 1 aromatic rings. The number of halogens is 1. The summed E-state index contributed by atoms with van der Waals surface area (Å²) in [5.74, 6) is -0.710. The third kappa shape index (κ3) is 3.72. The Morgan fingerprint density at radius 2 is 2.17 bits per heavy atom. The molecule has 0 heterocycles. The van der Waals surface area contributed by atoms with Crippen molar-refractivity contribution in [1.82, 2.24) is 4.72 Å². The molecule has 0 saturated carbocycles. The van der Waals surface area contributed by atoms with Gasteiger partial charge in [-0.1, -0.05) is 19.1 Å². The van der Waals surface area contributed by atoms with Gasteiger partial charge in [0.15, 0.2) is 0 Å². The van der Waals surface area contributed by atoms with Gasteiger partial charge in [-0.2, -0.15) is 0 Å². The Hall–Kier alpha value is -1.05. The minimum absolute atomic E-state index is 0.0547. The molecule has 0 aliphatic rings. The van der Waals surface area contributed by atoms with Crippen molar-refractivity contribution in [2.45, 2.75) is 18.7 Å². The predicted octanol–water partition coefficient (Wildman–Crippen LogP) is 1.33. The zero-order valence-electron chi connectivity index (χ0n) is 10.1. The van der Waals surface area contributed by atoms with Crippen LogP contribution < -0.4 is 10.5 Å². The highest BCUT2D eigenvalue weighted by Gasteiger charge is 2.18. The molecule has 0 spiro atoms. The molecule has 0 aromatic heterocycles. The van der Waals surface area contributed by atoms with Crippen LogP contribution in [0.15, 0.2) is 23.1 Å². The number of aryl methyl sites for hydroxylation is 1. The lowest BCUT2D eigenvalue weighted by molar-refractivity contribution is 0.573. The fraction of sp³-hybridized carbons (Fsp3) is 0.364. The van der Waals surface area contributed by atoms with E-state index in [0.717, 1.165) is 6.07 Å². The van der Waals surface area contributed by atoms with Gasteiger partial charge in [0.25, 0.3) is 0 Å². The molecule has 1 unspecified atom stereocenters. The molecule has 3 N–H and O–H groups in total. The van der Waals surface area contributed by atoms with Crippen molar-refractivity contribution in [3.05, 3.63) is 29.6 Å².